The van der Waals surface area contributed by atoms with Gasteiger partial charge in [-0.05, 0) is 43.9 Å². The molecule has 1 aliphatic carbocycles. The van der Waals surface area contributed by atoms with Gasteiger partial charge in [0.1, 0.15) is 0 Å². The zero-order valence-electron chi connectivity index (χ0n) is 13.2. The van der Waals surface area contributed by atoms with Crippen molar-refractivity contribution >= 4 is 0 Å². The second-order valence-corrected chi connectivity index (χ2v) is 6.33. The summed E-state index contributed by atoms with van der Waals surface area (Å²) in [4.78, 5) is 4.51. The van der Waals surface area contributed by atoms with Crippen LogP contribution in [0.4, 0.5) is 0 Å². The van der Waals surface area contributed by atoms with Gasteiger partial charge >= 0.3 is 0 Å². The van der Waals surface area contributed by atoms with Crippen LogP contribution in [-0.2, 0) is 6.54 Å². The molecule has 120 valence electrons. The minimum atomic E-state index is 0.335. The van der Waals surface area contributed by atoms with Crippen LogP contribution in [0.5, 0.6) is 11.5 Å². The largest absolute Gasteiger partial charge is 0.454 e. The third-order valence-electron chi connectivity index (χ3n) is 4.89. The zero-order valence-corrected chi connectivity index (χ0v) is 13.2. The van der Waals surface area contributed by atoms with E-state index < -0.39 is 0 Å². The molecule has 0 saturated heterocycles. The van der Waals surface area contributed by atoms with Gasteiger partial charge in [-0.3, -0.25) is 4.98 Å². The van der Waals surface area contributed by atoms with E-state index in [1.54, 1.807) is 0 Å². The van der Waals surface area contributed by atoms with Crippen molar-refractivity contribution in [3.63, 3.8) is 0 Å². The molecule has 0 bridgehead atoms. The molecule has 2 aromatic rings. The molecule has 0 atom stereocenters. The van der Waals surface area contributed by atoms with Crippen LogP contribution in [0.2, 0.25) is 0 Å². The summed E-state index contributed by atoms with van der Waals surface area (Å²) in [7, 11) is 0. The van der Waals surface area contributed by atoms with Crippen LogP contribution in [-0.4, -0.2) is 17.8 Å². The minimum absolute atomic E-state index is 0.335. The number of para-hydroxylation sites is 1. The van der Waals surface area contributed by atoms with Gasteiger partial charge in [-0.15, -0.1) is 0 Å². The van der Waals surface area contributed by atoms with Crippen molar-refractivity contribution in [2.45, 2.75) is 44.2 Å². The maximum absolute atomic E-state index is 5.57. The van der Waals surface area contributed by atoms with Gasteiger partial charge in [-0.2, -0.15) is 0 Å². The number of nitrogens with zero attached hydrogens (tertiary/aromatic N) is 1. The molecule has 23 heavy (non-hydrogen) atoms. The highest BCUT2D eigenvalue weighted by atomic mass is 16.7. The molecule has 0 amide bonds. The fraction of sp³-hybridized carbons (Fsp3) is 0.421. The van der Waals surface area contributed by atoms with Crippen LogP contribution in [0.3, 0.4) is 0 Å². The van der Waals surface area contributed by atoms with E-state index in [1.807, 2.05) is 24.4 Å². The Hall–Kier alpha value is -2.07. The Morgan fingerprint density at radius 3 is 2.74 bits per heavy atom. The van der Waals surface area contributed by atoms with Crippen molar-refractivity contribution in [1.29, 1.82) is 0 Å². The number of fused-ring (bicyclic) bond motifs is 1. The van der Waals surface area contributed by atoms with Gasteiger partial charge < -0.3 is 14.8 Å². The first-order chi connectivity index (χ1) is 11.4. The summed E-state index contributed by atoms with van der Waals surface area (Å²) in [6, 6.07) is 12.9. The van der Waals surface area contributed by atoms with Crippen molar-refractivity contribution in [3.05, 3.63) is 53.9 Å². The fourth-order valence-electron chi connectivity index (χ4n) is 3.59. The Bertz CT molecular complexity index is 652. The van der Waals surface area contributed by atoms with Gasteiger partial charge in [-0.25, -0.2) is 0 Å². The van der Waals surface area contributed by atoms with Crippen LogP contribution in [0.15, 0.2) is 42.6 Å². The van der Waals surface area contributed by atoms with Crippen LogP contribution in [0.25, 0.3) is 0 Å². The molecule has 0 radical (unpaired) electrons. The second kappa shape index (κ2) is 6.59. The van der Waals surface area contributed by atoms with Crippen molar-refractivity contribution in [2.75, 3.05) is 6.79 Å². The molecular weight excluding hydrogens is 288 g/mol. The van der Waals surface area contributed by atoms with Gasteiger partial charge in [-0.1, -0.05) is 18.2 Å². The molecule has 4 rings (SSSR count). The van der Waals surface area contributed by atoms with Gasteiger partial charge in [0.05, 0.1) is 0 Å². The summed E-state index contributed by atoms with van der Waals surface area (Å²) in [5.74, 6) is 2.39. The third kappa shape index (κ3) is 3.17. The molecule has 1 aromatic heterocycles. The summed E-state index contributed by atoms with van der Waals surface area (Å²) in [6.07, 6.45) is 6.72. The molecule has 0 unspecified atom stereocenters. The highest BCUT2D eigenvalue weighted by Crippen LogP contribution is 2.36. The SMILES string of the molecule is c1ccc(C2CCC(NCc3cccc4c3OCO4)CC2)nc1. The predicted molar refractivity (Wildman–Crippen MR) is 88.6 cm³/mol. The summed E-state index contributed by atoms with van der Waals surface area (Å²) in [5, 5.41) is 3.68. The Morgan fingerprint density at radius 2 is 1.91 bits per heavy atom. The molecule has 1 saturated carbocycles. The summed E-state index contributed by atoms with van der Waals surface area (Å²) in [5.41, 5.74) is 2.43. The van der Waals surface area contributed by atoms with E-state index in [2.05, 4.69) is 28.5 Å². The molecule has 2 aliphatic rings. The maximum atomic E-state index is 5.57. The van der Waals surface area contributed by atoms with E-state index >= 15 is 0 Å². The van der Waals surface area contributed by atoms with E-state index in [0.29, 0.717) is 18.8 Å². The standard InChI is InChI=1S/C19H22N2O2/c1-2-11-20-17(5-1)14-7-9-16(10-8-14)21-12-15-4-3-6-18-19(15)23-13-22-18/h1-6,11,14,16,21H,7-10,12-13H2. The number of hydrogen-bond acceptors (Lipinski definition) is 4. The Labute approximate surface area is 136 Å². The van der Waals surface area contributed by atoms with Crippen LogP contribution < -0.4 is 14.8 Å². The third-order valence-corrected chi connectivity index (χ3v) is 4.89. The van der Waals surface area contributed by atoms with Gasteiger partial charge in [0.25, 0.3) is 0 Å². The van der Waals surface area contributed by atoms with Crippen LogP contribution >= 0.6 is 0 Å². The van der Waals surface area contributed by atoms with E-state index in [4.69, 9.17) is 9.47 Å². The lowest BCUT2D eigenvalue weighted by atomic mass is 9.84. The molecule has 2 heterocycles. The molecule has 4 nitrogen and oxygen atoms in total. The summed E-state index contributed by atoms with van der Waals surface area (Å²) < 4.78 is 11.0. The number of rotatable bonds is 4. The van der Waals surface area contributed by atoms with E-state index in [9.17, 15) is 0 Å². The average molecular weight is 310 g/mol. The van der Waals surface area contributed by atoms with Crippen LogP contribution in [0.1, 0.15) is 42.9 Å². The zero-order chi connectivity index (χ0) is 15.5. The van der Waals surface area contributed by atoms with Crippen molar-refractivity contribution < 1.29 is 9.47 Å². The monoisotopic (exact) mass is 310 g/mol. The number of benzene rings is 1. The molecule has 1 aliphatic heterocycles. The number of aromatic nitrogens is 1. The van der Waals surface area contributed by atoms with Gasteiger partial charge in [0, 0.05) is 36.0 Å². The predicted octanol–water partition coefficient (Wildman–Crippen LogP) is 3.63. The fourth-order valence-corrected chi connectivity index (χ4v) is 3.59. The summed E-state index contributed by atoms with van der Waals surface area (Å²) >= 11 is 0. The van der Waals surface area contributed by atoms with Crippen molar-refractivity contribution in [1.82, 2.24) is 10.3 Å². The number of pyridine rings is 1. The average Bonchev–Trinajstić information content (AvgIpc) is 3.10. The van der Waals surface area contributed by atoms with Gasteiger partial charge in [0.2, 0.25) is 6.79 Å². The molecular formula is C19H22N2O2. The molecule has 1 aromatic carbocycles. The van der Waals surface area contributed by atoms with E-state index in [-0.39, 0.29) is 0 Å². The first-order valence-electron chi connectivity index (χ1n) is 8.42. The first kappa shape index (κ1) is 14.5. The normalized spacial score (nSPS) is 23.0. The van der Waals surface area contributed by atoms with Crippen LogP contribution in [0, 0.1) is 0 Å². The number of hydrogen-bond donors (Lipinski definition) is 1. The Kier molecular flexibility index (Phi) is 4.16. The van der Waals surface area contributed by atoms with Crippen molar-refractivity contribution in [2.24, 2.45) is 0 Å². The lowest BCUT2D eigenvalue weighted by Gasteiger charge is -2.29. The topological polar surface area (TPSA) is 43.4 Å². The lowest BCUT2D eigenvalue weighted by molar-refractivity contribution is 0.173. The quantitative estimate of drug-likeness (QED) is 0.936. The van der Waals surface area contributed by atoms with E-state index in [0.717, 1.165) is 18.0 Å². The molecule has 1 N–H and O–H groups in total. The highest BCUT2D eigenvalue weighted by molar-refractivity contribution is 5.48. The smallest absolute Gasteiger partial charge is 0.231 e. The summed E-state index contributed by atoms with van der Waals surface area (Å²) in [6.45, 7) is 1.17. The number of nitrogens with one attached hydrogen (secondary N) is 1. The second-order valence-electron chi connectivity index (χ2n) is 6.33. The molecule has 1 fully saturated rings. The lowest BCUT2D eigenvalue weighted by Crippen LogP contribution is -2.32. The maximum Gasteiger partial charge on any atom is 0.231 e. The molecule has 4 heteroatoms. The Balaban J connectivity index is 1.31. The highest BCUT2D eigenvalue weighted by Gasteiger charge is 2.23. The number of ether oxygens (including phenoxy) is 2. The Morgan fingerprint density at radius 1 is 1.00 bits per heavy atom. The molecule has 0 spiro atoms. The van der Waals surface area contributed by atoms with Crippen molar-refractivity contribution in [3.8, 4) is 11.5 Å². The van der Waals surface area contributed by atoms with Gasteiger partial charge in [0.15, 0.2) is 11.5 Å². The minimum Gasteiger partial charge on any atom is -0.454 e. The van der Waals surface area contributed by atoms with E-state index in [1.165, 1.54) is 36.9 Å². The first-order valence-corrected chi connectivity index (χ1v) is 8.42.